The maximum atomic E-state index is 12.0. The smallest absolute Gasteiger partial charge is 0.303 e. The quantitative estimate of drug-likeness (QED) is 0.510. The maximum absolute atomic E-state index is 12.0. The second-order valence-electron chi connectivity index (χ2n) is 10.0. The van der Waals surface area contributed by atoms with Crippen molar-refractivity contribution in [3.63, 3.8) is 0 Å². The summed E-state index contributed by atoms with van der Waals surface area (Å²) in [6.07, 6.45) is 4.74. The summed E-state index contributed by atoms with van der Waals surface area (Å²) >= 11 is 0. The Morgan fingerprint density at radius 2 is 1.83 bits per heavy atom. The lowest BCUT2D eigenvalue weighted by atomic mass is 9.53. The molecule has 164 valence electrons. The van der Waals surface area contributed by atoms with Crippen LogP contribution >= 0.6 is 0 Å². The zero-order valence-corrected chi connectivity index (χ0v) is 19.1. The molecule has 2 aliphatic carbocycles. The molecule has 0 fully saturated rings. The summed E-state index contributed by atoms with van der Waals surface area (Å²) in [5.74, 6) is -0.813. The van der Waals surface area contributed by atoms with Gasteiger partial charge in [0, 0.05) is 19.8 Å². The Kier molecular flexibility index (Phi) is 6.73. The highest BCUT2D eigenvalue weighted by atomic mass is 16.6. The fourth-order valence-corrected chi connectivity index (χ4v) is 5.25. The number of hydrogen-bond acceptors (Lipinski definition) is 5. The van der Waals surface area contributed by atoms with Crippen LogP contribution < -0.4 is 0 Å². The van der Waals surface area contributed by atoms with Gasteiger partial charge in [-0.3, -0.25) is 9.59 Å². The molecule has 2 aliphatic rings. The van der Waals surface area contributed by atoms with Crippen LogP contribution in [0.5, 0.6) is 0 Å². The number of esters is 2. The first-order valence-corrected chi connectivity index (χ1v) is 10.7. The molecule has 0 aromatic heterocycles. The summed E-state index contributed by atoms with van der Waals surface area (Å²) in [5.41, 5.74) is 1.00. The minimum Gasteiger partial charge on any atom is -0.458 e. The fourth-order valence-electron chi connectivity index (χ4n) is 5.25. The third-order valence-corrected chi connectivity index (χ3v) is 7.24. The lowest BCUT2D eigenvalue weighted by molar-refractivity contribution is -0.174. The van der Waals surface area contributed by atoms with Crippen molar-refractivity contribution >= 4 is 11.9 Å². The molecule has 0 radical (unpaired) electrons. The van der Waals surface area contributed by atoms with Crippen LogP contribution in [0.4, 0.5) is 0 Å². The minimum absolute atomic E-state index is 0.0657. The van der Waals surface area contributed by atoms with E-state index in [9.17, 15) is 14.7 Å². The molecule has 0 unspecified atom stereocenters. The molecule has 0 heterocycles. The van der Waals surface area contributed by atoms with Crippen molar-refractivity contribution in [3.8, 4) is 0 Å². The highest BCUT2D eigenvalue weighted by Gasteiger charge is 2.55. The van der Waals surface area contributed by atoms with Gasteiger partial charge < -0.3 is 14.6 Å². The predicted octanol–water partition coefficient (Wildman–Crippen LogP) is 4.73. The molecule has 5 atom stereocenters. The summed E-state index contributed by atoms with van der Waals surface area (Å²) in [7, 11) is 0. The predicted molar refractivity (Wildman–Crippen MR) is 113 cm³/mol. The molecular weight excluding hydrogens is 368 g/mol. The largest absolute Gasteiger partial charge is 0.458 e. The zero-order valence-electron chi connectivity index (χ0n) is 19.1. The average Bonchev–Trinajstić information content (AvgIpc) is 2.60. The van der Waals surface area contributed by atoms with Crippen molar-refractivity contribution in [2.75, 3.05) is 0 Å². The van der Waals surface area contributed by atoms with Crippen LogP contribution in [-0.4, -0.2) is 34.9 Å². The molecule has 0 bridgehead atoms. The van der Waals surface area contributed by atoms with Crippen LogP contribution in [-0.2, 0) is 19.1 Å². The van der Waals surface area contributed by atoms with Gasteiger partial charge in [0.05, 0.1) is 5.60 Å². The Bertz CT molecular complexity index is 702. The number of allylic oxidation sites excluding steroid dienone is 1. The van der Waals surface area contributed by atoms with Crippen LogP contribution in [0.1, 0.15) is 80.6 Å². The number of hydrogen-bond donors (Lipinski definition) is 1. The number of ether oxygens (including phenoxy) is 2. The van der Waals surface area contributed by atoms with E-state index in [4.69, 9.17) is 9.47 Å². The summed E-state index contributed by atoms with van der Waals surface area (Å²) in [6, 6.07) is 0. The van der Waals surface area contributed by atoms with Crippen molar-refractivity contribution < 1.29 is 24.2 Å². The van der Waals surface area contributed by atoms with Crippen LogP contribution in [0.3, 0.4) is 0 Å². The highest BCUT2D eigenvalue weighted by molar-refractivity contribution is 5.68. The fraction of sp³-hybridized carbons (Fsp3) is 0.750. The van der Waals surface area contributed by atoms with Gasteiger partial charge >= 0.3 is 11.9 Å². The van der Waals surface area contributed by atoms with Gasteiger partial charge in [-0.25, -0.2) is 0 Å². The highest BCUT2D eigenvalue weighted by Crippen LogP contribution is 2.58. The second kappa shape index (κ2) is 8.25. The van der Waals surface area contributed by atoms with Crippen LogP contribution in [0.25, 0.3) is 0 Å². The zero-order chi connectivity index (χ0) is 22.2. The summed E-state index contributed by atoms with van der Waals surface area (Å²) in [6.45, 7) is 16.9. The summed E-state index contributed by atoms with van der Waals surface area (Å²) in [5, 5.41) is 10.5. The topological polar surface area (TPSA) is 72.8 Å². The van der Waals surface area contributed by atoms with E-state index in [2.05, 4.69) is 34.3 Å². The molecule has 0 saturated heterocycles. The first-order chi connectivity index (χ1) is 13.2. The minimum atomic E-state index is -0.961. The van der Waals surface area contributed by atoms with Crippen LogP contribution in [0.15, 0.2) is 23.8 Å². The van der Waals surface area contributed by atoms with Crippen molar-refractivity contribution in [1.29, 1.82) is 0 Å². The van der Waals surface area contributed by atoms with E-state index in [-0.39, 0.29) is 28.7 Å². The van der Waals surface area contributed by atoms with Gasteiger partial charge in [0.25, 0.3) is 0 Å². The molecule has 0 spiro atoms. The third kappa shape index (κ3) is 4.76. The molecule has 0 amide bonds. The Labute approximate surface area is 175 Å². The molecule has 5 nitrogen and oxygen atoms in total. The summed E-state index contributed by atoms with van der Waals surface area (Å²) < 4.78 is 11.6. The first-order valence-electron chi connectivity index (χ1n) is 10.7. The van der Waals surface area contributed by atoms with E-state index in [1.54, 1.807) is 13.0 Å². The lowest BCUT2D eigenvalue weighted by Gasteiger charge is -2.54. The number of carbonyl (C=O) groups is 2. The Morgan fingerprint density at radius 3 is 2.34 bits per heavy atom. The normalized spacial score (nSPS) is 33.3. The molecule has 1 N–H and O–H groups in total. The van der Waals surface area contributed by atoms with Gasteiger partial charge in [-0.2, -0.15) is 0 Å². The standard InChI is InChI=1S/C24H38O5/c1-9-23(7,27)13-14-24(8)15(2)20(28-16(3)25)21(29-17(4)26)19-18(24)11-10-12-22(19,5)6/h9,15,20-21,27H,1,10-14H2,2-8H3/t15-,20-,21+,23+,24+/m1/s1. The molecule has 29 heavy (non-hydrogen) atoms. The van der Waals surface area contributed by atoms with E-state index in [0.717, 1.165) is 31.3 Å². The lowest BCUT2D eigenvalue weighted by Crippen LogP contribution is -2.55. The van der Waals surface area contributed by atoms with Crippen molar-refractivity contribution in [2.45, 2.75) is 98.4 Å². The van der Waals surface area contributed by atoms with Crippen molar-refractivity contribution in [1.82, 2.24) is 0 Å². The molecular formula is C24H38O5. The van der Waals surface area contributed by atoms with Crippen LogP contribution in [0.2, 0.25) is 0 Å². The van der Waals surface area contributed by atoms with Gasteiger partial charge in [-0.05, 0) is 55.4 Å². The number of rotatable bonds is 6. The van der Waals surface area contributed by atoms with Crippen LogP contribution in [0, 0.1) is 16.7 Å². The van der Waals surface area contributed by atoms with Gasteiger partial charge in [-0.15, -0.1) is 6.58 Å². The molecule has 0 aromatic carbocycles. The average molecular weight is 407 g/mol. The Balaban J connectivity index is 2.64. The molecule has 2 rings (SSSR count). The Morgan fingerprint density at radius 1 is 1.24 bits per heavy atom. The van der Waals surface area contributed by atoms with Crippen molar-refractivity contribution in [3.05, 3.63) is 23.8 Å². The van der Waals surface area contributed by atoms with E-state index in [1.807, 2.05) is 0 Å². The number of carbonyl (C=O) groups excluding carboxylic acids is 2. The second-order valence-corrected chi connectivity index (χ2v) is 10.0. The van der Waals surface area contributed by atoms with E-state index < -0.39 is 17.8 Å². The Hall–Kier alpha value is -1.62. The molecule has 0 aromatic rings. The van der Waals surface area contributed by atoms with Gasteiger partial charge in [0.1, 0.15) is 6.10 Å². The van der Waals surface area contributed by atoms with E-state index in [1.165, 1.54) is 19.4 Å². The molecule has 0 aliphatic heterocycles. The van der Waals surface area contributed by atoms with Gasteiger partial charge in [0.2, 0.25) is 0 Å². The third-order valence-electron chi connectivity index (χ3n) is 7.24. The molecule has 5 heteroatoms. The summed E-state index contributed by atoms with van der Waals surface area (Å²) in [4.78, 5) is 23.9. The molecule has 0 saturated carbocycles. The van der Waals surface area contributed by atoms with E-state index in [0.29, 0.717) is 6.42 Å². The maximum Gasteiger partial charge on any atom is 0.303 e. The first kappa shape index (κ1) is 23.7. The SMILES string of the molecule is C=C[C@](C)(O)CC[C@]1(C)C2=C([C@H](OC(C)=O)[C@H](OC(C)=O)[C@H]1C)C(C)(C)CCC2. The van der Waals surface area contributed by atoms with Gasteiger partial charge in [-0.1, -0.05) is 39.3 Å². The van der Waals surface area contributed by atoms with E-state index >= 15 is 0 Å². The monoisotopic (exact) mass is 406 g/mol. The van der Waals surface area contributed by atoms with Gasteiger partial charge in [0.15, 0.2) is 6.10 Å². The number of aliphatic hydroxyl groups is 1. The van der Waals surface area contributed by atoms with Crippen molar-refractivity contribution in [2.24, 2.45) is 16.7 Å².